The van der Waals surface area contributed by atoms with Crippen LogP contribution in [-0.4, -0.2) is 44.1 Å². The number of carboxylic acid groups (broad SMARTS) is 1. The summed E-state index contributed by atoms with van der Waals surface area (Å²) in [6.45, 7) is -0.328. The lowest BCUT2D eigenvalue weighted by atomic mass is 10.2. The molecule has 0 radical (unpaired) electrons. The zero-order chi connectivity index (χ0) is 15.4. The van der Waals surface area contributed by atoms with E-state index >= 15 is 0 Å². The molecule has 0 saturated carbocycles. The SMILES string of the molecule is O=C(/C=C/c1c(Cl)nc2sccn12)N[C@H](CCO)C(=O)O. The number of rotatable bonds is 6. The van der Waals surface area contributed by atoms with E-state index in [2.05, 4.69) is 10.3 Å². The van der Waals surface area contributed by atoms with Gasteiger partial charge in [-0.3, -0.25) is 9.20 Å². The van der Waals surface area contributed by atoms with E-state index in [9.17, 15) is 9.59 Å². The van der Waals surface area contributed by atoms with Crippen molar-refractivity contribution in [1.82, 2.24) is 14.7 Å². The lowest BCUT2D eigenvalue weighted by molar-refractivity contribution is -0.141. The molecule has 0 aliphatic heterocycles. The molecule has 0 spiro atoms. The van der Waals surface area contributed by atoms with Crippen LogP contribution in [0.1, 0.15) is 12.1 Å². The van der Waals surface area contributed by atoms with Crippen molar-refractivity contribution in [3.05, 3.63) is 28.5 Å². The van der Waals surface area contributed by atoms with Gasteiger partial charge in [0.2, 0.25) is 5.91 Å². The lowest BCUT2D eigenvalue weighted by Crippen LogP contribution is -2.40. The van der Waals surface area contributed by atoms with Crippen LogP contribution in [0.3, 0.4) is 0 Å². The van der Waals surface area contributed by atoms with Gasteiger partial charge in [0.05, 0.1) is 5.69 Å². The summed E-state index contributed by atoms with van der Waals surface area (Å²) in [6.07, 6.45) is 4.35. The number of imidazole rings is 1. The largest absolute Gasteiger partial charge is 0.480 e. The summed E-state index contributed by atoms with van der Waals surface area (Å²) in [6, 6.07) is -1.13. The van der Waals surface area contributed by atoms with Crippen molar-refractivity contribution in [1.29, 1.82) is 0 Å². The Morgan fingerprint density at radius 1 is 1.57 bits per heavy atom. The predicted octanol–water partition coefficient (Wildman–Crippen LogP) is 1.01. The number of carbonyl (C=O) groups is 2. The Labute approximate surface area is 128 Å². The summed E-state index contributed by atoms with van der Waals surface area (Å²) in [7, 11) is 0. The van der Waals surface area contributed by atoms with E-state index in [0.29, 0.717) is 10.7 Å². The third-order valence-corrected chi connectivity index (χ3v) is 3.71. The molecule has 0 aromatic carbocycles. The van der Waals surface area contributed by atoms with E-state index in [1.165, 1.54) is 23.5 Å². The minimum absolute atomic E-state index is 0.0584. The van der Waals surface area contributed by atoms with Crippen molar-refractivity contribution in [3.63, 3.8) is 0 Å². The fourth-order valence-electron chi connectivity index (χ4n) is 1.69. The lowest BCUT2D eigenvalue weighted by Gasteiger charge is -2.11. The molecule has 2 aromatic heterocycles. The van der Waals surface area contributed by atoms with Crippen LogP contribution in [0.4, 0.5) is 0 Å². The van der Waals surface area contributed by atoms with Gasteiger partial charge in [0.15, 0.2) is 10.1 Å². The Morgan fingerprint density at radius 2 is 2.33 bits per heavy atom. The third-order valence-electron chi connectivity index (χ3n) is 2.68. The molecular weight excluding hydrogens is 318 g/mol. The number of halogens is 1. The first-order valence-corrected chi connectivity index (χ1v) is 7.22. The number of nitrogens with zero attached hydrogens (tertiary/aromatic N) is 2. The maximum atomic E-state index is 11.7. The van der Waals surface area contributed by atoms with Gasteiger partial charge in [0, 0.05) is 30.7 Å². The van der Waals surface area contributed by atoms with Crippen molar-refractivity contribution in [2.45, 2.75) is 12.5 Å². The first kappa shape index (κ1) is 15.5. The molecule has 0 unspecified atom stereocenters. The molecule has 0 fully saturated rings. The number of aliphatic carboxylic acids is 1. The number of aromatic nitrogens is 2. The topological polar surface area (TPSA) is 104 Å². The fourth-order valence-corrected chi connectivity index (χ4v) is 2.69. The number of hydrogen-bond acceptors (Lipinski definition) is 5. The number of fused-ring (bicyclic) bond motifs is 1. The van der Waals surface area contributed by atoms with Crippen molar-refractivity contribution in [3.8, 4) is 0 Å². The number of aliphatic hydroxyl groups is 1. The highest BCUT2D eigenvalue weighted by Crippen LogP contribution is 2.22. The summed E-state index contributed by atoms with van der Waals surface area (Å²) in [5.74, 6) is -1.79. The standard InChI is InChI=1S/C12H12ClN3O4S/c13-10-8(16-4-6-21-12(16)15-10)1-2-9(18)14-7(3-5-17)11(19)20/h1-2,4,6-7,17H,3,5H2,(H,14,18)(H,19,20)/b2-1+/t7-/m1/s1. The van der Waals surface area contributed by atoms with Gasteiger partial charge in [0.1, 0.15) is 6.04 Å². The average Bonchev–Trinajstić information content (AvgIpc) is 2.96. The number of nitrogens with one attached hydrogen (secondary N) is 1. The van der Waals surface area contributed by atoms with Gasteiger partial charge in [-0.2, -0.15) is 0 Å². The number of thiazole rings is 1. The van der Waals surface area contributed by atoms with Crippen molar-refractivity contribution in [2.24, 2.45) is 0 Å². The predicted molar refractivity (Wildman–Crippen MR) is 78.4 cm³/mol. The van der Waals surface area contributed by atoms with Gasteiger partial charge in [-0.05, 0) is 6.08 Å². The van der Waals surface area contributed by atoms with Gasteiger partial charge in [0.25, 0.3) is 0 Å². The summed E-state index contributed by atoms with van der Waals surface area (Å²) in [5, 5.41) is 22.0. The van der Waals surface area contributed by atoms with Gasteiger partial charge < -0.3 is 15.5 Å². The molecule has 1 atom stereocenters. The number of amides is 1. The highest BCUT2D eigenvalue weighted by Gasteiger charge is 2.18. The maximum absolute atomic E-state index is 11.7. The van der Waals surface area contributed by atoms with Gasteiger partial charge in [-0.1, -0.05) is 11.6 Å². The molecule has 2 heterocycles. The highest BCUT2D eigenvalue weighted by atomic mass is 35.5. The molecular formula is C12H12ClN3O4S. The zero-order valence-electron chi connectivity index (χ0n) is 10.7. The number of carboxylic acids is 1. The van der Waals surface area contributed by atoms with Crippen molar-refractivity contribution < 1.29 is 19.8 Å². The molecule has 21 heavy (non-hydrogen) atoms. The van der Waals surface area contributed by atoms with Crippen LogP contribution in [0.15, 0.2) is 17.7 Å². The molecule has 0 aliphatic carbocycles. The second-order valence-corrected chi connectivity index (χ2v) is 5.32. The van der Waals surface area contributed by atoms with Crippen LogP contribution in [-0.2, 0) is 9.59 Å². The molecule has 0 saturated heterocycles. The van der Waals surface area contributed by atoms with Crippen LogP contribution in [0, 0.1) is 0 Å². The summed E-state index contributed by atoms with van der Waals surface area (Å²) in [5.41, 5.74) is 0.539. The van der Waals surface area contributed by atoms with Gasteiger partial charge in [-0.15, -0.1) is 11.3 Å². The van der Waals surface area contributed by atoms with E-state index in [1.807, 2.05) is 5.38 Å². The molecule has 1 amide bonds. The molecule has 2 aromatic rings. The number of carbonyl (C=O) groups excluding carboxylic acids is 1. The number of hydrogen-bond donors (Lipinski definition) is 3. The first-order valence-electron chi connectivity index (χ1n) is 5.96. The molecule has 3 N–H and O–H groups in total. The third kappa shape index (κ3) is 3.60. The Hall–Kier alpha value is -1.90. The van der Waals surface area contributed by atoms with E-state index < -0.39 is 17.9 Å². The molecule has 2 rings (SSSR count). The molecule has 0 aliphatic rings. The second-order valence-electron chi connectivity index (χ2n) is 4.09. The number of aliphatic hydroxyl groups excluding tert-OH is 1. The summed E-state index contributed by atoms with van der Waals surface area (Å²) in [4.78, 5) is 27.4. The smallest absolute Gasteiger partial charge is 0.326 e. The average molecular weight is 330 g/mol. The van der Waals surface area contributed by atoms with Crippen LogP contribution >= 0.6 is 22.9 Å². The molecule has 0 bridgehead atoms. The second kappa shape index (κ2) is 6.70. The zero-order valence-corrected chi connectivity index (χ0v) is 12.3. The van der Waals surface area contributed by atoms with Crippen LogP contribution in [0.2, 0.25) is 5.15 Å². The summed E-state index contributed by atoms with van der Waals surface area (Å²) < 4.78 is 1.72. The van der Waals surface area contributed by atoms with E-state index in [4.69, 9.17) is 21.8 Å². The Kier molecular flexibility index (Phi) is 4.94. The monoisotopic (exact) mass is 329 g/mol. The highest BCUT2D eigenvalue weighted by molar-refractivity contribution is 7.15. The van der Waals surface area contributed by atoms with Crippen molar-refractivity contribution in [2.75, 3.05) is 6.61 Å². The normalized spacial score (nSPS) is 12.9. The minimum atomic E-state index is -1.20. The van der Waals surface area contributed by atoms with Crippen LogP contribution < -0.4 is 5.32 Å². The van der Waals surface area contributed by atoms with Crippen LogP contribution in [0.5, 0.6) is 0 Å². The fraction of sp³-hybridized carbons (Fsp3) is 0.250. The van der Waals surface area contributed by atoms with E-state index in [-0.39, 0.29) is 18.2 Å². The minimum Gasteiger partial charge on any atom is -0.480 e. The molecule has 112 valence electrons. The summed E-state index contributed by atoms with van der Waals surface area (Å²) >= 11 is 7.37. The van der Waals surface area contributed by atoms with E-state index in [1.54, 1.807) is 10.6 Å². The first-order chi connectivity index (χ1) is 10.0. The quantitative estimate of drug-likeness (QED) is 0.686. The van der Waals surface area contributed by atoms with Crippen molar-refractivity contribution >= 4 is 45.9 Å². The van der Waals surface area contributed by atoms with Gasteiger partial charge >= 0.3 is 5.97 Å². The van der Waals surface area contributed by atoms with Gasteiger partial charge in [-0.25, -0.2) is 9.78 Å². The Morgan fingerprint density at radius 3 is 3.00 bits per heavy atom. The molecule has 9 heteroatoms. The van der Waals surface area contributed by atoms with Crippen LogP contribution in [0.25, 0.3) is 11.0 Å². The maximum Gasteiger partial charge on any atom is 0.326 e. The molecule has 7 nitrogen and oxygen atoms in total. The van der Waals surface area contributed by atoms with E-state index in [0.717, 1.165) is 0 Å². The Balaban J connectivity index is 2.09. The Bertz CT molecular complexity index is 694.